The van der Waals surface area contributed by atoms with Gasteiger partial charge in [0.2, 0.25) is 0 Å². The molecule has 3 aromatic rings. The van der Waals surface area contributed by atoms with Crippen molar-refractivity contribution in [1.82, 2.24) is 14.1 Å². The molecule has 0 aliphatic heterocycles. The summed E-state index contributed by atoms with van der Waals surface area (Å²) in [5.74, 6) is -1.58. The molecule has 3 rings (SSSR count). The molecule has 0 spiro atoms. The van der Waals surface area contributed by atoms with Crippen LogP contribution >= 0.6 is 11.6 Å². The van der Waals surface area contributed by atoms with E-state index in [1.165, 1.54) is 37.0 Å². The first-order valence-corrected chi connectivity index (χ1v) is 8.48. The highest BCUT2D eigenvalue weighted by molar-refractivity contribution is 6.34. The molecule has 0 fully saturated rings. The van der Waals surface area contributed by atoms with Gasteiger partial charge in [0.05, 0.1) is 16.3 Å². The Morgan fingerprint density at radius 3 is 2.59 bits per heavy atom. The van der Waals surface area contributed by atoms with Crippen LogP contribution in [0.25, 0.3) is 11.0 Å². The molecule has 0 aliphatic rings. The van der Waals surface area contributed by atoms with E-state index in [0.29, 0.717) is 12.0 Å². The number of nitrogens with zero attached hydrogens (tertiary/aromatic N) is 3. The Labute approximate surface area is 158 Å². The Kier molecular flexibility index (Phi) is 4.84. The molecule has 0 unspecified atom stereocenters. The van der Waals surface area contributed by atoms with Crippen molar-refractivity contribution < 1.29 is 9.18 Å². The highest BCUT2D eigenvalue weighted by Gasteiger charge is 2.21. The molecule has 0 aliphatic carbocycles. The average Bonchev–Trinajstić information content (AvgIpc) is 2.64. The van der Waals surface area contributed by atoms with Crippen molar-refractivity contribution in [1.29, 1.82) is 0 Å². The summed E-state index contributed by atoms with van der Waals surface area (Å²) >= 11 is 5.96. The van der Waals surface area contributed by atoms with Crippen LogP contribution in [0.4, 0.5) is 10.1 Å². The topological polar surface area (TPSA) is 86.0 Å². The van der Waals surface area contributed by atoms with Crippen molar-refractivity contribution in [2.24, 2.45) is 14.1 Å². The van der Waals surface area contributed by atoms with Crippen molar-refractivity contribution in [3.8, 4) is 0 Å². The van der Waals surface area contributed by atoms with Crippen LogP contribution in [0.5, 0.6) is 0 Å². The summed E-state index contributed by atoms with van der Waals surface area (Å²) in [5.41, 5.74) is -0.602. The molecule has 1 N–H and O–H groups in total. The van der Waals surface area contributed by atoms with Gasteiger partial charge in [0, 0.05) is 20.3 Å². The number of carbonyl (C=O) groups is 1. The molecule has 2 aromatic heterocycles. The van der Waals surface area contributed by atoms with E-state index >= 15 is 0 Å². The normalized spacial score (nSPS) is 11.0. The summed E-state index contributed by atoms with van der Waals surface area (Å²) in [5, 5.41) is 2.60. The minimum absolute atomic E-state index is 0.0517. The van der Waals surface area contributed by atoms with Crippen molar-refractivity contribution in [2.45, 2.75) is 13.3 Å². The van der Waals surface area contributed by atoms with E-state index in [1.807, 2.05) is 6.92 Å². The molecule has 0 atom stereocenters. The number of aryl methyl sites for hydroxylation is 2. The van der Waals surface area contributed by atoms with Crippen LogP contribution in [-0.2, 0) is 20.5 Å². The first-order valence-electron chi connectivity index (χ1n) is 8.10. The quantitative estimate of drug-likeness (QED) is 0.743. The molecule has 140 valence electrons. The Balaban J connectivity index is 2.29. The largest absolute Gasteiger partial charge is 0.332 e. The maximum atomic E-state index is 14.1. The lowest BCUT2D eigenvalue weighted by Gasteiger charge is -2.15. The van der Waals surface area contributed by atoms with Gasteiger partial charge in [-0.15, -0.1) is 0 Å². The number of aromatic nitrogens is 3. The zero-order valence-electron chi connectivity index (χ0n) is 14.8. The Bertz CT molecular complexity index is 1180. The van der Waals surface area contributed by atoms with Crippen molar-refractivity contribution in [3.63, 3.8) is 0 Å². The molecule has 0 saturated carbocycles. The zero-order chi connectivity index (χ0) is 19.9. The van der Waals surface area contributed by atoms with E-state index in [2.05, 4.69) is 10.3 Å². The van der Waals surface area contributed by atoms with Gasteiger partial charge in [0.1, 0.15) is 11.2 Å². The smallest absolute Gasteiger partial charge is 0.321 e. The maximum absolute atomic E-state index is 14.1. The summed E-state index contributed by atoms with van der Waals surface area (Å²) in [6.45, 7) is 1.82. The summed E-state index contributed by atoms with van der Waals surface area (Å²) < 4.78 is 16.2. The number of nitrogens with one attached hydrogen (secondary N) is 1. The summed E-state index contributed by atoms with van der Waals surface area (Å²) in [7, 11) is 2.81. The lowest BCUT2D eigenvalue weighted by molar-refractivity contribution is 0.102. The van der Waals surface area contributed by atoms with Gasteiger partial charge >= 0.3 is 5.69 Å². The van der Waals surface area contributed by atoms with Gasteiger partial charge < -0.3 is 5.32 Å². The highest BCUT2D eigenvalue weighted by atomic mass is 35.5. The molecular formula is C18H16ClFN4O3. The zero-order valence-corrected chi connectivity index (χ0v) is 15.6. The number of hydrogen-bond acceptors (Lipinski definition) is 4. The van der Waals surface area contributed by atoms with Crippen LogP contribution in [0, 0.1) is 5.82 Å². The number of anilines is 1. The Morgan fingerprint density at radius 2 is 1.96 bits per heavy atom. The third-order valence-corrected chi connectivity index (χ3v) is 4.67. The summed E-state index contributed by atoms with van der Waals surface area (Å²) in [4.78, 5) is 41.7. The van der Waals surface area contributed by atoms with Gasteiger partial charge in [-0.1, -0.05) is 24.6 Å². The van der Waals surface area contributed by atoms with E-state index in [1.54, 1.807) is 0 Å². The highest BCUT2D eigenvalue weighted by Crippen LogP contribution is 2.26. The maximum Gasteiger partial charge on any atom is 0.332 e. The monoisotopic (exact) mass is 390 g/mol. The minimum Gasteiger partial charge on any atom is -0.321 e. The fourth-order valence-corrected chi connectivity index (χ4v) is 3.12. The lowest BCUT2D eigenvalue weighted by atomic mass is 10.1. The van der Waals surface area contributed by atoms with Gasteiger partial charge in [-0.25, -0.2) is 14.2 Å². The number of amides is 1. The molecular weight excluding hydrogens is 375 g/mol. The summed E-state index contributed by atoms with van der Waals surface area (Å²) in [6.07, 6.45) is 1.93. The fourth-order valence-electron chi connectivity index (χ4n) is 2.87. The first-order chi connectivity index (χ1) is 12.8. The minimum atomic E-state index is -0.795. The first kappa shape index (κ1) is 18.8. The van der Waals surface area contributed by atoms with E-state index in [4.69, 9.17) is 11.6 Å². The predicted molar refractivity (Wildman–Crippen MR) is 101 cm³/mol. The van der Waals surface area contributed by atoms with Crippen molar-refractivity contribution in [3.05, 3.63) is 67.2 Å². The van der Waals surface area contributed by atoms with Crippen LogP contribution < -0.4 is 16.6 Å². The van der Waals surface area contributed by atoms with Gasteiger partial charge in [-0.2, -0.15) is 0 Å². The standard InChI is InChI=1S/C18H16ClFN4O3/c1-4-9-8-21-15-13(17(26)24(3)18(27)23(15)2)14(9)22-16(25)12-10(19)6-5-7-11(12)20/h5-8H,4H2,1-3H3,(H,21,22,25). The molecule has 0 radical (unpaired) electrons. The third kappa shape index (κ3) is 3.02. The average molecular weight is 391 g/mol. The number of pyridine rings is 1. The Hall–Kier alpha value is -3.00. The second-order valence-electron chi connectivity index (χ2n) is 5.97. The number of fused-ring (bicyclic) bond motifs is 1. The van der Waals surface area contributed by atoms with Gasteiger partial charge in [-0.3, -0.25) is 18.7 Å². The van der Waals surface area contributed by atoms with Crippen LogP contribution in [-0.4, -0.2) is 20.0 Å². The van der Waals surface area contributed by atoms with Gasteiger partial charge in [0.25, 0.3) is 11.5 Å². The molecule has 0 saturated heterocycles. The van der Waals surface area contributed by atoms with E-state index < -0.39 is 23.0 Å². The van der Waals surface area contributed by atoms with Crippen LogP contribution in [0.1, 0.15) is 22.8 Å². The molecule has 9 heteroatoms. The van der Waals surface area contributed by atoms with E-state index in [-0.39, 0.29) is 27.3 Å². The molecule has 1 amide bonds. The second-order valence-corrected chi connectivity index (χ2v) is 6.37. The lowest BCUT2D eigenvalue weighted by Crippen LogP contribution is -2.38. The number of benzene rings is 1. The second kappa shape index (κ2) is 6.96. The number of halogens is 2. The number of hydrogen-bond donors (Lipinski definition) is 1. The van der Waals surface area contributed by atoms with E-state index in [9.17, 15) is 18.8 Å². The van der Waals surface area contributed by atoms with Crippen LogP contribution in [0.2, 0.25) is 5.02 Å². The molecule has 2 heterocycles. The third-order valence-electron chi connectivity index (χ3n) is 4.36. The number of carbonyl (C=O) groups excluding carboxylic acids is 1. The number of rotatable bonds is 3. The van der Waals surface area contributed by atoms with Crippen molar-refractivity contribution >= 4 is 34.2 Å². The fraction of sp³-hybridized carbons (Fsp3) is 0.222. The Morgan fingerprint density at radius 1 is 1.26 bits per heavy atom. The molecule has 1 aromatic carbocycles. The molecule has 7 nitrogen and oxygen atoms in total. The molecule has 27 heavy (non-hydrogen) atoms. The summed E-state index contributed by atoms with van der Waals surface area (Å²) in [6, 6.07) is 3.90. The van der Waals surface area contributed by atoms with Gasteiger partial charge in [0.15, 0.2) is 5.65 Å². The van der Waals surface area contributed by atoms with E-state index in [0.717, 1.165) is 10.6 Å². The van der Waals surface area contributed by atoms with Crippen molar-refractivity contribution in [2.75, 3.05) is 5.32 Å². The van der Waals surface area contributed by atoms with Gasteiger partial charge in [-0.05, 0) is 24.1 Å². The van der Waals surface area contributed by atoms with Crippen LogP contribution in [0.15, 0.2) is 34.0 Å². The predicted octanol–water partition coefficient (Wildman–Crippen LogP) is 2.24. The molecule has 0 bridgehead atoms. The van der Waals surface area contributed by atoms with Crippen LogP contribution in [0.3, 0.4) is 0 Å². The SMILES string of the molecule is CCc1cnc2c(c1NC(=O)c1c(F)cccc1Cl)c(=O)n(C)c(=O)n2C.